The average molecular weight is 670 g/mol. The predicted molar refractivity (Wildman–Crippen MR) is 188 cm³/mol. The lowest BCUT2D eigenvalue weighted by atomic mass is 9.43. The largest absolute Gasteiger partial charge is 0.397 e. The summed E-state index contributed by atoms with van der Waals surface area (Å²) in [6.07, 6.45) is 12.8. The maximum Gasteiger partial charge on any atom is 0.397 e. The summed E-state index contributed by atoms with van der Waals surface area (Å²) in [6.45, 7) is 21.2. The highest BCUT2D eigenvalue weighted by Crippen LogP contribution is 2.68. The van der Waals surface area contributed by atoms with Crippen LogP contribution in [0, 0.1) is 58.2 Å². The van der Waals surface area contributed by atoms with Gasteiger partial charge in [-0.15, -0.1) is 0 Å². The molecule has 4 fully saturated rings. The van der Waals surface area contributed by atoms with E-state index in [1.807, 2.05) is 13.8 Å². The Labute approximate surface area is 282 Å². The van der Waals surface area contributed by atoms with Crippen LogP contribution in [0.1, 0.15) is 126 Å². The van der Waals surface area contributed by atoms with Gasteiger partial charge >= 0.3 is 10.4 Å². The van der Waals surface area contributed by atoms with Crippen molar-refractivity contribution in [3.8, 4) is 0 Å². The van der Waals surface area contributed by atoms with Crippen LogP contribution >= 0.6 is 0 Å². The highest BCUT2D eigenvalue weighted by atomic mass is 32.3. The minimum absolute atomic E-state index is 0.0155. The predicted octanol–water partition coefficient (Wildman–Crippen LogP) is 6.45. The molecule has 9 heteroatoms. The van der Waals surface area contributed by atoms with Gasteiger partial charge in [-0.2, -0.15) is 8.42 Å². The lowest BCUT2D eigenvalue weighted by molar-refractivity contribution is -0.167. The molecule has 4 saturated carbocycles. The van der Waals surface area contributed by atoms with Gasteiger partial charge in [-0.1, -0.05) is 48.5 Å². The Morgan fingerprint density at radius 1 is 0.804 bits per heavy atom. The summed E-state index contributed by atoms with van der Waals surface area (Å²) in [4.78, 5) is 0. The molecule has 0 spiro atoms. The fourth-order valence-electron chi connectivity index (χ4n) is 11.0. The SMILES string of the molecule is CC(C)CCNCCNCCCN[C@H]1CC[C@]2(C)C3CC[C@@]4(C)C(CC[C@@H]4C(C)CC[C@@H](OS(=O)(=O)O)C(C)C)C3[C@H](O)C[C@@H]2C1. The van der Waals surface area contributed by atoms with Gasteiger partial charge in [-0.3, -0.25) is 4.55 Å². The number of aliphatic hydroxyl groups is 1. The molecule has 0 saturated heterocycles. The quantitative estimate of drug-likeness (QED) is 0.0835. The Kier molecular flexibility index (Phi) is 13.9. The first-order valence-electron chi connectivity index (χ1n) is 19.1. The fourth-order valence-corrected chi connectivity index (χ4v) is 11.6. The molecule has 0 radical (unpaired) electrons. The van der Waals surface area contributed by atoms with E-state index in [0.29, 0.717) is 53.4 Å². The molecular weight excluding hydrogens is 598 g/mol. The smallest absolute Gasteiger partial charge is 0.393 e. The van der Waals surface area contributed by atoms with Crippen molar-refractivity contribution in [3.05, 3.63) is 0 Å². The van der Waals surface area contributed by atoms with Crippen LogP contribution in [0.2, 0.25) is 0 Å². The van der Waals surface area contributed by atoms with Crippen molar-refractivity contribution >= 4 is 10.4 Å². The highest BCUT2D eigenvalue weighted by molar-refractivity contribution is 7.80. The molecule has 0 amide bonds. The Hall–Kier alpha value is -0.290. The van der Waals surface area contributed by atoms with E-state index in [9.17, 15) is 18.1 Å². The molecule has 4 unspecified atom stereocenters. The van der Waals surface area contributed by atoms with Crippen molar-refractivity contribution in [1.29, 1.82) is 0 Å². The topological polar surface area (TPSA) is 120 Å². The van der Waals surface area contributed by atoms with E-state index in [0.717, 1.165) is 57.9 Å². The van der Waals surface area contributed by atoms with E-state index in [1.54, 1.807) is 0 Å². The van der Waals surface area contributed by atoms with Crippen molar-refractivity contribution in [1.82, 2.24) is 16.0 Å². The minimum atomic E-state index is -4.46. The third kappa shape index (κ3) is 9.48. The molecule has 0 aromatic heterocycles. The second-order valence-electron chi connectivity index (χ2n) is 17.3. The van der Waals surface area contributed by atoms with Gasteiger partial charge < -0.3 is 21.1 Å². The zero-order valence-corrected chi connectivity index (χ0v) is 31.2. The Morgan fingerprint density at radius 3 is 2.15 bits per heavy atom. The molecule has 4 rings (SSSR count). The molecule has 0 aromatic carbocycles. The first kappa shape index (κ1) is 38.5. The van der Waals surface area contributed by atoms with Crippen molar-refractivity contribution in [2.75, 3.05) is 32.7 Å². The summed E-state index contributed by atoms with van der Waals surface area (Å²) in [5.41, 5.74) is 0.549. The first-order chi connectivity index (χ1) is 21.7. The molecule has 8 nitrogen and oxygen atoms in total. The molecule has 46 heavy (non-hydrogen) atoms. The number of hydrogen-bond donors (Lipinski definition) is 5. The summed E-state index contributed by atoms with van der Waals surface area (Å²) in [5.74, 6) is 3.98. The van der Waals surface area contributed by atoms with Crippen LogP contribution in [0.3, 0.4) is 0 Å². The standard InChI is InChI=1S/C37H71N3O5S/c1-25(2)15-20-39-22-21-38-18-8-19-40-29-13-16-36(6)28(23-29)24-33(41)35-31-11-10-30(37(31,7)17-14-32(35)36)27(5)9-12-34(26(3)4)45-46(42,43)44/h25-35,38-41H,8-24H2,1-7H3,(H,42,43,44)/t27?,28-,29-,30+,31?,32?,33+,34+,35?,36-,37+/m0/s1. The van der Waals surface area contributed by atoms with E-state index in [4.69, 9.17) is 4.18 Å². The molecule has 0 heterocycles. The molecule has 0 aliphatic heterocycles. The Bertz CT molecular complexity index is 1040. The first-order valence-corrected chi connectivity index (χ1v) is 20.5. The summed E-state index contributed by atoms with van der Waals surface area (Å²) in [5, 5.41) is 22.8. The third-order valence-electron chi connectivity index (χ3n) is 13.7. The van der Waals surface area contributed by atoms with Crippen molar-refractivity contribution in [2.45, 2.75) is 144 Å². The zero-order chi connectivity index (χ0) is 33.7. The maximum atomic E-state index is 11.8. The number of hydrogen-bond acceptors (Lipinski definition) is 7. The Balaban J connectivity index is 1.25. The van der Waals surface area contributed by atoms with Crippen LogP contribution in [0.25, 0.3) is 0 Å². The highest BCUT2D eigenvalue weighted by Gasteiger charge is 2.62. The summed E-state index contributed by atoms with van der Waals surface area (Å²) < 4.78 is 37.2. The summed E-state index contributed by atoms with van der Waals surface area (Å²) >= 11 is 0. The van der Waals surface area contributed by atoms with Crippen molar-refractivity contribution < 1.29 is 22.3 Å². The van der Waals surface area contributed by atoms with Crippen LogP contribution in [0.5, 0.6) is 0 Å². The zero-order valence-electron chi connectivity index (χ0n) is 30.4. The van der Waals surface area contributed by atoms with E-state index in [-0.39, 0.29) is 17.4 Å². The number of aliphatic hydroxyl groups excluding tert-OH is 1. The average Bonchev–Trinajstić information content (AvgIpc) is 3.33. The van der Waals surface area contributed by atoms with E-state index < -0.39 is 16.5 Å². The van der Waals surface area contributed by atoms with Gasteiger partial charge in [-0.25, -0.2) is 4.18 Å². The van der Waals surface area contributed by atoms with Crippen LogP contribution in [-0.4, -0.2) is 69.1 Å². The normalized spacial score (nSPS) is 37.6. The van der Waals surface area contributed by atoms with Crippen LogP contribution in [0.15, 0.2) is 0 Å². The third-order valence-corrected chi connectivity index (χ3v) is 14.2. The molecule has 11 atom stereocenters. The molecule has 4 aliphatic rings. The second kappa shape index (κ2) is 16.6. The lowest BCUT2D eigenvalue weighted by Crippen LogP contribution is -2.59. The van der Waals surface area contributed by atoms with Gasteiger partial charge in [0, 0.05) is 19.1 Å². The molecule has 4 aliphatic carbocycles. The molecule has 5 N–H and O–H groups in total. The van der Waals surface area contributed by atoms with Gasteiger partial charge in [0.1, 0.15) is 0 Å². The number of nitrogens with one attached hydrogen (secondary N) is 3. The van der Waals surface area contributed by atoms with Crippen molar-refractivity contribution in [2.24, 2.45) is 58.2 Å². The molecule has 0 bridgehead atoms. The number of fused-ring (bicyclic) bond motifs is 5. The van der Waals surface area contributed by atoms with Gasteiger partial charge in [-0.05, 0) is 155 Å². The molecule has 270 valence electrons. The van der Waals surface area contributed by atoms with Gasteiger partial charge in [0.15, 0.2) is 0 Å². The van der Waals surface area contributed by atoms with Crippen LogP contribution < -0.4 is 16.0 Å². The molecular formula is C37H71N3O5S. The Morgan fingerprint density at radius 2 is 1.48 bits per heavy atom. The van der Waals surface area contributed by atoms with Crippen LogP contribution in [-0.2, 0) is 14.6 Å². The fraction of sp³-hybridized carbons (Fsp3) is 1.00. The monoisotopic (exact) mass is 670 g/mol. The second-order valence-corrected chi connectivity index (χ2v) is 18.4. The van der Waals surface area contributed by atoms with Gasteiger partial charge in [0.05, 0.1) is 12.2 Å². The maximum absolute atomic E-state index is 11.8. The summed E-state index contributed by atoms with van der Waals surface area (Å²) in [7, 11) is -4.46. The summed E-state index contributed by atoms with van der Waals surface area (Å²) in [6, 6.07) is 0.574. The van der Waals surface area contributed by atoms with E-state index in [1.165, 1.54) is 51.4 Å². The molecule has 0 aromatic rings. The minimum Gasteiger partial charge on any atom is -0.393 e. The van der Waals surface area contributed by atoms with Crippen molar-refractivity contribution in [3.63, 3.8) is 0 Å². The number of rotatable bonds is 18. The van der Waals surface area contributed by atoms with Gasteiger partial charge in [0.25, 0.3) is 0 Å². The van der Waals surface area contributed by atoms with Crippen LogP contribution in [0.4, 0.5) is 0 Å². The van der Waals surface area contributed by atoms with Gasteiger partial charge in [0.2, 0.25) is 0 Å². The lowest BCUT2D eigenvalue weighted by Gasteiger charge is -2.62. The van der Waals surface area contributed by atoms with E-state index >= 15 is 0 Å². The van der Waals surface area contributed by atoms with E-state index in [2.05, 4.69) is 50.6 Å².